The molecule has 0 aliphatic carbocycles. The largest absolute Gasteiger partial charge is 0.390 e. The van der Waals surface area contributed by atoms with Gasteiger partial charge in [-0.25, -0.2) is 0 Å². The second kappa shape index (κ2) is 3.16. The smallest absolute Gasteiger partial charge is 0.138 e. The minimum absolute atomic E-state index is 0.0573. The predicted octanol–water partition coefficient (Wildman–Crippen LogP) is 1.37. The summed E-state index contributed by atoms with van der Waals surface area (Å²) in [6.45, 7) is 1.76. The molecular weight excluding hydrogens is 198 g/mol. The highest BCUT2D eigenvalue weighted by molar-refractivity contribution is 9.08. The third kappa shape index (κ3) is 1.22. The van der Waals surface area contributed by atoms with Crippen LogP contribution in [0.4, 0.5) is 0 Å². The van der Waals surface area contributed by atoms with E-state index < -0.39 is 0 Å². The Morgan fingerprint density at radius 1 is 1.70 bits per heavy atom. The third-order valence-corrected chi connectivity index (χ3v) is 1.91. The van der Waals surface area contributed by atoms with E-state index in [1.807, 2.05) is 6.92 Å². The zero-order valence-corrected chi connectivity index (χ0v) is 7.18. The molecule has 1 N–H and O–H groups in total. The lowest BCUT2D eigenvalue weighted by Gasteiger charge is -1.90. The Morgan fingerprint density at radius 3 is 2.80 bits per heavy atom. The summed E-state index contributed by atoms with van der Waals surface area (Å²) < 4.78 is 4.84. The average Bonchev–Trinajstić information content (AvgIpc) is 2.30. The van der Waals surface area contributed by atoms with Gasteiger partial charge in [-0.05, 0) is 6.92 Å². The summed E-state index contributed by atoms with van der Waals surface area (Å²) in [5.41, 5.74) is 1.57. The summed E-state index contributed by atoms with van der Waals surface area (Å²) in [5.74, 6) is 0.765. The SMILES string of the molecule is Cc1onc(CO)c1CBr. The number of halogens is 1. The van der Waals surface area contributed by atoms with Gasteiger partial charge in [0.2, 0.25) is 0 Å². The molecule has 0 aliphatic rings. The van der Waals surface area contributed by atoms with Gasteiger partial charge in [-0.15, -0.1) is 0 Å². The van der Waals surface area contributed by atoms with Crippen molar-refractivity contribution < 1.29 is 9.63 Å². The molecule has 10 heavy (non-hydrogen) atoms. The van der Waals surface area contributed by atoms with E-state index in [9.17, 15) is 0 Å². The van der Waals surface area contributed by atoms with Crippen molar-refractivity contribution in [3.63, 3.8) is 0 Å². The molecule has 1 rings (SSSR count). The standard InChI is InChI=1S/C6H8BrNO2/c1-4-5(2-7)6(3-9)8-10-4/h9H,2-3H2,1H3. The second-order valence-corrected chi connectivity index (χ2v) is 2.52. The molecule has 0 spiro atoms. The van der Waals surface area contributed by atoms with Crippen molar-refractivity contribution in [2.24, 2.45) is 0 Å². The van der Waals surface area contributed by atoms with Gasteiger partial charge in [0.1, 0.15) is 11.5 Å². The minimum Gasteiger partial charge on any atom is -0.390 e. The predicted molar refractivity (Wildman–Crippen MR) is 39.8 cm³/mol. The van der Waals surface area contributed by atoms with Crippen molar-refractivity contribution in [3.8, 4) is 0 Å². The molecule has 4 heteroatoms. The fourth-order valence-electron chi connectivity index (χ4n) is 0.732. The molecule has 0 saturated carbocycles. The van der Waals surface area contributed by atoms with Gasteiger partial charge in [0.05, 0.1) is 6.61 Å². The van der Waals surface area contributed by atoms with Gasteiger partial charge in [-0.3, -0.25) is 0 Å². The maximum Gasteiger partial charge on any atom is 0.138 e. The van der Waals surface area contributed by atoms with Crippen molar-refractivity contribution in [3.05, 3.63) is 17.0 Å². The molecule has 0 atom stereocenters. The van der Waals surface area contributed by atoms with Gasteiger partial charge in [0.15, 0.2) is 0 Å². The molecular formula is C6H8BrNO2. The number of rotatable bonds is 2. The van der Waals surface area contributed by atoms with E-state index in [-0.39, 0.29) is 6.61 Å². The van der Waals surface area contributed by atoms with E-state index >= 15 is 0 Å². The van der Waals surface area contributed by atoms with E-state index in [4.69, 9.17) is 9.63 Å². The van der Waals surface area contributed by atoms with Crippen LogP contribution in [0.5, 0.6) is 0 Å². The highest BCUT2D eigenvalue weighted by atomic mass is 79.9. The lowest BCUT2D eigenvalue weighted by atomic mass is 10.2. The average molecular weight is 206 g/mol. The quantitative estimate of drug-likeness (QED) is 0.743. The first-order chi connectivity index (χ1) is 4.79. The van der Waals surface area contributed by atoms with Gasteiger partial charge < -0.3 is 9.63 Å². The Morgan fingerprint density at radius 2 is 2.40 bits per heavy atom. The van der Waals surface area contributed by atoms with Gasteiger partial charge in [-0.2, -0.15) is 0 Å². The molecule has 1 aromatic rings. The monoisotopic (exact) mass is 205 g/mol. The van der Waals surface area contributed by atoms with Crippen LogP contribution in [0.3, 0.4) is 0 Å². The van der Waals surface area contributed by atoms with Crippen LogP contribution in [0.2, 0.25) is 0 Å². The molecule has 0 radical (unpaired) electrons. The number of aryl methyl sites for hydroxylation is 1. The number of aromatic nitrogens is 1. The normalized spacial score (nSPS) is 10.3. The lowest BCUT2D eigenvalue weighted by Crippen LogP contribution is -1.88. The zero-order chi connectivity index (χ0) is 7.56. The van der Waals surface area contributed by atoms with E-state index in [2.05, 4.69) is 21.1 Å². The van der Waals surface area contributed by atoms with Crippen LogP contribution in [0.25, 0.3) is 0 Å². The van der Waals surface area contributed by atoms with Gasteiger partial charge in [0, 0.05) is 10.9 Å². The molecule has 0 aromatic carbocycles. The third-order valence-electron chi connectivity index (χ3n) is 1.35. The first kappa shape index (κ1) is 7.75. The summed E-state index contributed by atoms with van der Waals surface area (Å²) in [7, 11) is 0. The molecule has 56 valence electrons. The highest BCUT2D eigenvalue weighted by Crippen LogP contribution is 2.15. The Hall–Kier alpha value is -0.350. The first-order valence-electron chi connectivity index (χ1n) is 2.90. The molecule has 0 aliphatic heterocycles. The molecule has 0 bridgehead atoms. The highest BCUT2D eigenvalue weighted by Gasteiger charge is 2.08. The molecule has 3 nitrogen and oxygen atoms in total. The van der Waals surface area contributed by atoms with Crippen LogP contribution in [-0.4, -0.2) is 10.3 Å². The van der Waals surface area contributed by atoms with Crippen molar-refractivity contribution >= 4 is 15.9 Å². The molecule has 1 heterocycles. The van der Waals surface area contributed by atoms with Crippen LogP contribution in [0, 0.1) is 6.92 Å². The van der Waals surface area contributed by atoms with Crippen molar-refractivity contribution in [1.82, 2.24) is 5.16 Å². The van der Waals surface area contributed by atoms with E-state index in [1.54, 1.807) is 0 Å². The van der Waals surface area contributed by atoms with Crippen LogP contribution in [0.1, 0.15) is 17.0 Å². The summed E-state index contributed by atoms with van der Waals surface area (Å²) in [6, 6.07) is 0. The maximum atomic E-state index is 8.72. The number of aliphatic hydroxyl groups excluding tert-OH is 1. The van der Waals surface area contributed by atoms with Crippen LogP contribution >= 0.6 is 15.9 Å². The molecule has 0 unspecified atom stereocenters. The Bertz CT molecular complexity index is 222. The summed E-state index contributed by atoms with van der Waals surface area (Å²) in [6.07, 6.45) is 0. The maximum absolute atomic E-state index is 8.72. The van der Waals surface area contributed by atoms with Crippen molar-refractivity contribution in [2.45, 2.75) is 18.9 Å². The number of aliphatic hydroxyl groups is 1. The number of alkyl halides is 1. The topological polar surface area (TPSA) is 46.3 Å². The van der Waals surface area contributed by atoms with Crippen LogP contribution in [0.15, 0.2) is 4.52 Å². The van der Waals surface area contributed by atoms with E-state index in [0.717, 1.165) is 11.3 Å². The van der Waals surface area contributed by atoms with E-state index in [1.165, 1.54) is 0 Å². The van der Waals surface area contributed by atoms with Gasteiger partial charge in [-0.1, -0.05) is 21.1 Å². The van der Waals surface area contributed by atoms with Gasteiger partial charge in [0.25, 0.3) is 0 Å². The zero-order valence-electron chi connectivity index (χ0n) is 5.59. The fourth-order valence-corrected chi connectivity index (χ4v) is 1.45. The van der Waals surface area contributed by atoms with Crippen LogP contribution in [-0.2, 0) is 11.9 Å². The lowest BCUT2D eigenvalue weighted by molar-refractivity contribution is 0.265. The Balaban J connectivity index is 3.01. The fraction of sp³-hybridized carbons (Fsp3) is 0.500. The second-order valence-electron chi connectivity index (χ2n) is 1.96. The summed E-state index contributed by atoms with van der Waals surface area (Å²) in [5, 5.41) is 13.0. The molecule has 0 saturated heterocycles. The van der Waals surface area contributed by atoms with Crippen molar-refractivity contribution in [2.75, 3.05) is 0 Å². The van der Waals surface area contributed by atoms with Gasteiger partial charge >= 0.3 is 0 Å². The van der Waals surface area contributed by atoms with Crippen molar-refractivity contribution in [1.29, 1.82) is 0 Å². The van der Waals surface area contributed by atoms with E-state index in [0.29, 0.717) is 11.0 Å². The molecule has 1 aromatic heterocycles. The molecule has 0 fully saturated rings. The Kier molecular flexibility index (Phi) is 2.45. The summed E-state index contributed by atoms with van der Waals surface area (Å²) in [4.78, 5) is 0. The van der Waals surface area contributed by atoms with Crippen LogP contribution < -0.4 is 0 Å². The number of hydrogen-bond donors (Lipinski definition) is 1. The number of hydrogen-bond acceptors (Lipinski definition) is 3. The number of nitrogens with zero attached hydrogens (tertiary/aromatic N) is 1. The summed E-state index contributed by atoms with van der Waals surface area (Å²) >= 11 is 3.27. The molecule has 0 amide bonds. The Labute approximate surface area is 67.2 Å². The first-order valence-corrected chi connectivity index (χ1v) is 4.02. The minimum atomic E-state index is -0.0573.